The molecule has 60 heavy (non-hydrogen) atoms. The summed E-state index contributed by atoms with van der Waals surface area (Å²) in [6.45, 7) is 8.83. The molecule has 0 bridgehead atoms. The summed E-state index contributed by atoms with van der Waals surface area (Å²) in [6, 6.07) is 68.3. The Hall–Kier alpha value is -6.38. The lowest BCUT2D eigenvalue weighted by Gasteiger charge is -2.37. The molecule has 0 saturated heterocycles. The van der Waals surface area contributed by atoms with Gasteiger partial charge < -0.3 is 9.80 Å². The van der Waals surface area contributed by atoms with E-state index in [-0.39, 0.29) is 0 Å². The van der Waals surface area contributed by atoms with Gasteiger partial charge in [0.05, 0.1) is 11.4 Å². The third-order valence-corrected chi connectivity index (χ3v) is 13.6. The fourth-order valence-electron chi connectivity index (χ4n) is 10.0. The van der Waals surface area contributed by atoms with Gasteiger partial charge >= 0.3 is 0 Å². The number of nitrogens with zero attached hydrogens (tertiary/aromatic N) is 2. The minimum Gasteiger partial charge on any atom is -0.310 e. The van der Waals surface area contributed by atoms with Crippen LogP contribution < -0.4 is 9.80 Å². The zero-order valence-electron chi connectivity index (χ0n) is 35.4. The number of benzene rings is 8. The van der Waals surface area contributed by atoms with E-state index in [4.69, 9.17) is 0 Å². The first-order chi connectivity index (χ1) is 29.4. The van der Waals surface area contributed by atoms with Gasteiger partial charge in [-0.15, -0.1) is 0 Å². The molecule has 0 N–H and O–H groups in total. The minimum atomic E-state index is 0.599. The van der Waals surface area contributed by atoms with Crippen LogP contribution in [0.3, 0.4) is 0 Å². The van der Waals surface area contributed by atoms with Crippen molar-refractivity contribution in [3.63, 3.8) is 0 Å². The fraction of sp³-hybridized carbons (Fsp3) is 0.207. The Kier molecular flexibility index (Phi) is 10.1. The van der Waals surface area contributed by atoms with Crippen molar-refractivity contribution in [2.75, 3.05) is 9.80 Å². The highest BCUT2D eigenvalue weighted by Crippen LogP contribution is 2.51. The van der Waals surface area contributed by atoms with Crippen molar-refractivity contribution < 1.29 is 0 Å². The summed E-state index contributed by atoms with van der Waals surface area (Å²) < 4.78 is 0. The first-order valence-electron chi connectivity index (χ1n) is 21.9. The number of para-hydroxylation sites is 1. The molecule has 0 atom stereocenters. The van der Waals surface area contributed by atoms with Gasteiger partial charge in [0, 0.05) is 33.5 Å². The van der Waals surface area contributed by atoms with Crippen LogP contribution in [0.2, 0.25) is 0 Å². The summed E-state index contributed by atoms with van der Waals surface area (Å²) in [7, 11) is 0. The van der Waals surface area contributed by atoms with Crippen LogP contribution in [-0.4, -0.2) is 0 Å². The molecule has 2 aliphatic carbocycles. The van der Waals surface area contributed by atoms with Crippen molar-refractivity contribution in [3.8, 4) is 0 Å². The first-order valence-corrected chi connectivity index (χ1v) is 21.9. The molecule has 0 heterocycles. The van der Waals surface area contributed by atoms with Gasteiger partial charge in [0.15, 0.2) is 0 Å². The van der Waals surface area contributed by atoms with E-state index in [1.165, 1.54) is 104 Å². The second kappa shape index (κ2) is 16.0. The Bertz CT molecular complexity index is 2710. The summed E-state index contributed by atoms with van der Waals surface area (Å²) in [5, 5.41) is 2.43. The number of rotatable bonds is 10. The van der Waals surface area contributed by atoms with E-state index in [9.17, 15) is 0 Å². The second-order valence-corrected chi connectivity index (χ2v) is 17.7. The predicted octanol–water partition coefficient (Wildman–Crippen LogP) is 16.3. The van der Waals surface area contributed by atoms with Gasteiger partial charge in [-0.3, -0.25) is 0 Å². The topological polar surface area (TPSA) is 6.48 Å². The molecular weight excluding hydrogens is 725 g/mol. The molecule has 2 fully saturated rings. The summed E-state index contributed by atoms with van der Waals surface area (Å²) >= 11 is 0. The third-order valence-electron chi connectivity index (χ3n) is 13.6. The van der Waals surface area contributed by atoms with Crippen LogP contribution in [0.1, 0.15) is 93.9 Å². The van der Waals surface area contributed by atoms with Gasteiger partial charge in [0.25, 0.3) is 0 Å². The van der Waals surface area contributed by atoms with Crippen molar-refractivity contribution in [1.29, 1.82) is 0 Å². The van der Waals surface area contributed by atoms with Crippen LogP contribution >= 0.6 is 0 Å². The Labute approximate surface area is 356 Å². The SMILES string of the molecule is Cc1ccc(C2CC(c3ccc(N(c4cccc(C)c4)c4cccc5c(N(c6ccccc6)c6ccc(C7CC(c8ccc(C)cc8)C7)c(C)c6)cccc45)cc3)C2)cc1. The molecule has 2 saturated carbocycles. The Morgan fingerprint density at radius 1 is 0.333 bits per heavy atom. The minimum absolute atomic E-state index is 0.599. The summed E-state index contributed by atoms with van der Waals surface area (Å²) in [6.07, 6.45) is 4.86. The Morgan fingerprint density at radius 2 is 0.767 bits per heavy atom. The van der Waals surface area contributed by atoms with Crippen LogP contribution in [0.5, 0.6) is 0 Å². The zero-order chi connectivity index (χ0) is 40.7. The van der Waals surface area contributed by atoms with Crippen LogP contribution in [0.25, 0.3) is 10.8 Å². The molecule has 0 amide bonds. The number of anilines is 6. The average Bonchev–Trinajstić information content (AvgIpc) is 3.23. The molecule has 10 rings (SSSR count). The molecule has 2 heteroatoms. The van der Waals surface area contributed by atoms with Gasteiger partial charge in [0.2, 0.25) is 0 Å². The maximum Gasteiger partial charge on any atom is 0.0540 e. The summed E-state index contributed by atoms with van der Waals surface area (Å²) in [4.78, 5) is 4.90. The quantitative estimate of drug-likeness (QED) is 0.136. The van der Waals surface area contributed by atoms with E-state index in [0.717, 1.165) is 11.4 Å². The second-order valence-electron chi connectivity index (χ2n) is 17.7. The summed E-state index contributed by atoms with van der Waals surface area (Å²) in [5.74, 6) is 2.50. The molecule has 2 aliphatic rings. The van der Waals surface area contributed by atoms with Gasteiger partial charge in [-0.05, 0) is 171 Å². The van der Waals surface area contributed by atoms with Crippen molar-refractivity contribution >= 4 is 44.9 Å². The molecule has 0 spiro atoms. The molecule has 8 aromatic carbocycles. The lowest BCUT2D eigenvalue weighted by molar-refractivity contribution is 0.350. The number of aryl methyl sites for hydroxylation is 4. The molecule has 2 nitrogen and oxygen atoms in total. The molecule has 0 unspecified atom stereocenters. The van der Waals surface area contributed by atoms with E-state index in [1.54, 1.807) is 0 Å². The van der Waals surface area contributed by atoms with Gasteiger partial charge in [0.1, 0.15) is 0 Å². The molecule has 8 aromatic rings. The Morgan fingerprint density at radius 3 is 1.28 bits per heavy atom. The fourth-order valence-corrected chi connectivity index (χ4v) is 10.0. The lowest BCUT2D eigenvalue weighted by atomic mass is 9.68. The van der Waals surface area contributed by atoms with Crippen molar-refractivity contribution in [1.82, 2.24) is 0 Å². The van der Waals surface area contributed by atoms with Crippen molar-refractivity contribution in [3.05, 3.63) is 226 Å². The van der Waals surface area contributed by atoms with E-state index >= 15 is 0 Å². The molecule has 0 radical (unpaired) electrons. The number of hydrogen-bond acceptors (Lipinski definition) is 2. The largest absolute Gasteiger partial charge is 0.310 e. The van der Waals surface area contributed by atoms with E-state index in [1.807, 2.05) is 0 Å². The molecule has 296 valence electrons. The molecular formula is C58H54N2. The van der Waals surface area contributed by atoms with E-state index < -0.39 is 0 Å². The van der Waals surface area contributed by atoms with Crippen LogP contribution in [0.4, 0.5) is 34.1 Å². The average molecular weight is 779 g/mol. The van der Waals surface area contributed by atoms with Crippen LogP contribution in [0, 0.1) is 27.7 Å². The molecule has 0 aliphatic heterocycles. The van der Waals surface area contributed by atoms with Gasteiger partial charge in [-0.2, -0.15) is 0 Å². The monoisotopic (exact) mass is 778 g/mol. The standard InChI is InChI=1S/C58H54N2/c1-39-19-23-43(24-20-39)46-35-47(36-46)45-27-29-51(30-28-45)60(52-14-8-11-41(3)33-52)58-18-10-15-55-56(58)16-9-17-57(55)59(50-12-6-5-7-13-50)53-31-32-54(42(4)34-53)49-37-48(38-49)44-25-21-40(2)22-26-44/h5-34,46-49H,35-38H2,1-4H3. The lowest BCUT2D eigenvalue weighted by Crippen LogP contribution is -2.21. The van der Waals surface area contributed by atoms with Gasteiger partial charge in [-0.1, -0.05) is 132 Å². The Balaban J connectivity index is 0.991. The van der Waals surface area contributed by atoms with Crippen molar-refractivity contribution in [2.45, 2.75) is 77.0 Å². The third kappa shape index (κ3) is 7.30. The normalized spacial score (nSPS) is 18.4. The smallest absolute Gasteiger partial charge is 0.0540 e. The number of hydrogen-bond donors (Lipinski definition) is 0. The molecule has 0 aromatic heterocycles. The predicted molar refractivity (Wildman–Crippen MR) is 255 cm³/mol. The first kappa shape index (κ1) is 37.9. The van der Waals surface area contributed by atoms with Crippen molar-refractivity contribution in [2.24, 2.45) is 0 Å². The van der Waals surface area contributed by atoms with Gasteiger partial charge in [-0.25, -0.2) is 0 Å². The highest BCUT2D eigenvalue weighted by Gasteiger charge is 2.33. The van der Waals surface area contributed by atoms with E-state index in [2.05, 4.69) is 219 Å². The highest BCUT2D eigenvalue weighted by atomic mass is 15.2. The van der Waals surface area contributed by atoms with Crippen LogP contribution in [0.15, 0.2) is 182 Å². The highest BCUT2D eigenvalue weighted by molar-refractivity contribution is 6.06. The summed E-state index contributed by atoms with van der Waals surface area (Å²) in [5.41, 5.74) is 18.2. The zero-order valence-corrected chi connectivity index (χ0v) is 35.4. The maximum absolute atomic E-state index is 2.45. The number of fused-ring (bicyclic) bond motifs is 1. The van der Waals surface area contributed by atoms with Crippen LogP contribution in [-0.2, 0) is 0 Å². The van der Waals surface area contributed by atoms with E-state index in [0.29, 0.717) is 23.7 Å². The maximum atomic E-state index is 2.45.